The molecule has 0 aromatic heterocycles. The summed E-state index contributed by atoms with van der Waals surface area (Å²) in [5.41, 5.74) is -1.64. The van der Waals surface area contributed by atoms with E-state index in [1.807, 2.05) is 0 Å². The van der Waals surface area contributed by atoms with Gasteiger partial charge in [0.2, 0.25) is 0 Å². The van der Waals surface area contributed by atoms with Crippen molar-refractivity contribution in [3.05, 3.63) is 0 Å². The number of hydrogen-bond donors (Lipinski definition) is 0. The SMILES string of the molecule is CCOC(=O)[C@@H]1CCC[C@H](CC(C#N)(C#N)CCC(F)(F)F)C1. The Bertz CT molecular complexity index is 477. The maximum absolute atomic E-state index is 12.4. The van der Waals surface area contributed by atoms with Gasteiger partial charge in [-0.3, -0.25) is 4.79 Å². The molecule has 0 spiro atoms. The Balaban J connectivity index is 2.71. The Kier molecular flexibility index (Phi) is 6.87. The van der Waals surface area contributed by atoms with Crippen LogP contribution in [0.1, 0.15) is 51.9 Å². The van der Waals surface area contributed by atoms with Crippen molar-refractivity contribution in [3.63, 3.8) is 0 Å². The van der Waals surface area contributed by atoms with Gasteiger partial charge in [-0.25, -0.2) is 0 Å². The molecule has 0 heterocycles. The van der Waals surface area contributed by atoms with E-state index >= 15 is 0 Å². The monoisotopic (exact) mass is 330 g/mol. The third-order valence-corrected chi connectivity index (χ3v) is 4.30. The van der Waals surface area contributed by atoms with Crippen LogP contribution in [0.4, 0.5) is 13.2 Å². The lowest BCUT2D eigenvalue weighted by Crippen LogP contribution is -2.29. The summed E-state index contributed by atoms with van der Waals surface area (Å²) in [5, 5.41) is 18.5. The van der Waals surface area contributed by atoms with Crippen molar-refractivity contribution in [1.82, 2.24) is 0 Å². The van der Waals surface area contributed by atoms with Crippen LogP contribution in [0.2, 0.25) is 0 Å². The van der Waals surface area contributed by atoms with Crippen LogP contribution in [0.15, 0.2) is 0 Å². The molecule has 0 saturated heterocycles. The lowest BCUT2D eigenvalue weighted by molar-refractivity contribution is -0.149. The highest BCUT2D eigenvalue weighted by molar-refractivity contribution is 5.72. The number of halogens is 3. The predicted molar refractivity (Wildman–Crippen MR) is 75.6 cm³/mol. The minimum absolute atomic E-state index is 0.0754. The summed E-state index contributed by atoms with van der Waals surface area (Å²) in [7, 11) is 0. The maximum Gasteiger partial charge on any atom is 0.389 e. The minimum atomic E-state index is -4.39. The molecular weight excluding hydrogens is 309 g/mol. The second-order valence-corrected chi connectivity index (χ2v) is 6.11. The van der Waals surface area contributed by atoms with Crippen molar-refractivity contribution in [2.75, 3.05) is 6.61 Å². The molecule has 0 bridgehead atoms. The van der Waals surface area contributed by atoms with Crippen molar-refractivity contribution in [3.8, 4) is 12.1 Å². The first kappa shape index (κ1) is 19.3. The zero-order valence-electron chi connectivity index (χ0n) is 13.2. The van der Waals surface area contributed by atoms with E-state index in [9.17, 15) is 28.5 Å². The topological polar surface area (TPSA) is 73.9 Å². The summed E-state index contributed by atoms with van der Waals surface area (Å²) in [6, 6.07) is 3.55. The number of ether oxygens (including phenoxy) is 1. The van der Waals surface area contributed by atoms with Gasteiger partial charge in [0.05, 0.1) is 24.7 Å². The fourth-order valence-corrected chi connectivity index (χ4v) is 3.13. The smallest absolute Gasteiger partial charge is 0.389 e. The Morgan fingerprint density at radius 1 is 1.22 bits per heavy atom. The zero-order chi connectivity index (χ0) is 17.5. The third kappa shape index (κ3) is 6.09. The van der Waals surface area contributed by atoms with E-state index in [2.05, 4.69) is 0 Å². The first-order chi connectivity index (χ1) is 10.7. The fourth-order valence-electron chi connectivity index (χ4n) is 3.13. The Labute approximate surface area is 134 Å². The zero-order valence-corrected chi connectivity index (χ0v) is 13.2. The molecule has 0 radical (unpaired) electrons. The van der Waals surface area contributed by atoms with Crippen molar-refractivity contribution in [2.24, 2.45) is 17.3 Å². The third-order valence-electron chi connectivity index (χ3n) is 4.30. The molecule has 4 nitrogen and oxygen atoms in total. The molecule has 1 aliphatic carbocycles. The van der Waals surface area contributed by atoms with Crippen LogP contribution >= 0.6 is 0 Å². The molecule has 1 saturated carbocycles. The molecule has 0 N–H and O–H groups in total. The van der Waals surface area contributed by atoms with E-state index in [1.54, 1.807) is 19.1 Å². The van der Waals surface area contributed by atoms with Gasteiger partial charge in [-0.2, -0.15) is 23.7 Å². The van der Waals surface area contributed by atoms with Crippen molar-refractivity contribution in [1.29, 1.82) is 10.5 Å². The molecule has 1 fully saturated rings. The van der Waals surface area contributed by atoms with E-state index < -0.39 is 24.4 Å². The molecule has 128 valence electrons. The standard InChI is InChI=1S/C16H21F3N2O2/c1-2-23-14(22)13-5-3-4-12(8-13)9-15(10-20,11-21)6-7-16(17,18)19/h12-13H,2-9H2,1H3/t12-,13+/m0/s1. The fraction of sp³-hybridized carbons (Fsp3) is 0.812. The highest BCUT2D eigenvalue weighted by Crippen LogP contribution is 2.41. The summed E-state index contributed by atoms with van der Waals surface area (Å²) >= 11 is 0. The van der Waals surface area contributed by atoms with Crippen molar-refractivity contribution in [2.45, 2.75) is 58.0 Å². The van der Waals surface area contributed by atoms with Gasteiger partial charge < -0.3 is 4.74 Å². The van der Waals surface area contributed by atoms with E-state index in [4.69, 9.17) is 4.74 Å². The van der Waals surface area contributed by atoms with Gasteiger partial charge in [0.1, 0.15) is 5.41 Å². The van der Waals surface area contributed by atoms with Gasteiger partial charge in [-0.05, 0) is 38.5 Å². The molecule has 0 amide bonds. The first-order valence-electron chi connectivity index (χ1n) is 7.81. The highest BCUT2D eigenvalue weighted by atomic mass is 19.4. The number of hydrogen-bond acceptors (Lipinski definition) is 4. The van der Waals surface area contributed by atoms with Crippen LogP contribution in [0, 0.1) is 39.9 Å². The van der Waals surface area contributed by atoms with Crippen molar-refractivity contribution >= 4 is 5.97 Å². The van der Waals surface area contributed by atoms with Gasteiger partial charge >= 0.3 is 12.1 Å². The molecule has 0 aromatic carbocycles. The van der Waals surface area contributed by atoms with E-state index in [-0.39, 0.29) is 30.8 Å². The molecule has 7 heteroatoms. The number of carbonyl (C=O) groups excluding carboxylic acids is 1. The molecule has 2 atom stereocenters. The molecule has 23 heavy (non-hydrogen) atoms. The number of rotatable bonds is 6. The molecule has 1 rings (SSSR count). The number of esters is 1. The number of carbonyl (C=O) groups is 1. The van der Waals surface area contributed by atoms with Crippen molar-refractivity contribution < 1.29 is 22.7 Å². The number of alkyl halides is 3. The van der Waals surface area contributed by atoms with E-state index in [0.717, 1.165) is 6.42 Å². The predicted octanol–water partition coefficient (Wildman–Crippen LogP) is 4.12. The number of nitrogens with zero attached hydrogens (tertiary/aromatic N) is 2. The lowest BCUT2D eigenvalue weighted by atomic mass is 9.71. The molecule has 1 aliphatic rings. The van der Waals surface area contributed by atoms with Gasteiger partial charge in [0.15, 0.2) is 0 Å². The second kappa shape index (κ2) is 8.19. The Hall–Kier alpha value is -1.76. The number of nitriles is 2. The largest absolute Gasteiger partial charge is 0.466 e. The van der Waals surface area contributed by atoms with Gasteiger partial charge in [-0.15, -0.1) is 0 Å². The van der Waals surface area contributed by atoms with Crippen LogP contribution < -0.4 is 0 Å². The van der Waals surface area contributed by atoms with Crippen LogP contribution in [0.3, 0.4) is 0 Å². The summed E-state index contributed by atoms with van der Waals surface area (Å²) in [6.07, 6.45) is -3.37. The average molecular weight is 330 g/mol. The average Bonchev–Trinajstić information content (AvgIpc) is 2.51. The first-order valence-corrected chi connectivity index (χ1v) is 7.81. The Morgan fingerprint density at radius 3 is 2.39 bits per heavy atom. The summed E-state index contributed by atoms with van der Waals surface area (Å²) in [4.78, 5) is 11.8. The maximum atomic E-state index is 12.4. The lowest BCUT2D eigenvalue weighted by Gasteiger charge is -2.31. The quantitative estimate of drug-likeness (QED) is 0.687. The van der Waals surface area contributed by atoms with Crippen LogP contribution in [0.25, 0.3) is 0 Å². The molecular formula is C16H21F3N2O2. The van der Waals surface area contributed by atoms with Gasteiger partial charge in [0.25, 0.3) is 0 Å². The summed E-state index contributed by atoms with van der Waals surface area (Å²) in [5.74, 6) is -0.691. The molecule has 0 unspecified atom stereocenters. The summed E-state index contributed by atoms with van der Waals surface area (Å²) < 4.78 is 42.2. The van der Waals surface area contributed by atoms with E-state index in [1.165, 1.54) is 0 Å². The second-order valence-electron chi connectivity index (χ2n) is 6.11. The van der Waals surface area contributed by atoms with Crippen LogP contribution in [-0.2, 0) is 9.53 Å². The van der Waals surface area contributed by atoms with E-state index in [0.29, 0.717) is 19.3 Å². The van der Waals surface area contributed by atoms with Gasteiger partial charge in [0, 0.05) is 6.42 Å². The van der Waals surface area contributed by atoms with Crippen LogP contribution in [-0.4, -0.2) is 18.8 Å². The van der Waals surface area contributed by atoms with Crippen LogP contribution in [0.5, 0.6) is 0 Å². The summed E-state index contributed by atoms with van der Waals surface area (Å²) in [6.45, 7) is 2.00. The molecule has 0 aromatic rings. The minimum Gasteiger partial charge on any atom is -0.466 e. The normalized spacial score (nSPS) is 22.0. The molecule has 0 aliphatic heterocycles. The van der Waals surface area contributed by atoms with Gasteiger partial charge in [-0.1, -0.05) is 12.8 Å². The Morgan fingerprint density at radius 2 is 1.87 bits per heavy atom. The highest BCUT2D eigenvalue weighted by Gasteiger charge is 2.40.